The van der Waals surface area contributed by atoms with Crippen LogP contribution in [-0.2, 0) is 17.6 Å². The van der Waals surface area contributed by atoms with Gasteiger partial charge in [0.15, 0.2) is 0 Å². The second-order valence-electron chi connectivity index (χ2n) is 8.51. The zero-order valence-electron chi connectivity index (χ0n) is 18.4. The van der Waals surface area contributed by atoms with Crippen LogP contribution in [0.5, 0.6) is 0 Å². The van der Waals surface area contributed by atoms with Gasteiger partial charge in [-0.2, -0.15) is 0 Å². The van der Waals surface area contributed by atoms with Gasteiger partial charge in [0.05, 0.1) is 18.2 Å². The van der Waals surface area contributed by atoms with Crippen molar-refractivity contribution in [2.45, 2.75) is 37.6 Å². The number of carbonyl (C=O) groups is 1. The Hall–Kier alpha value is -3.74. The number of anilines is 1. The van der Waals surface area contributed by atoms with Crippen LogP contribution < -0.4 is 10.6 Å². The average Bonchev–Trinajstić information content (AvgIpc) is 3.61. The lowest BCUT2D eigenvalue weighted by Gasteiger charge is -2.20. The molecule has 6 nitrogen and oxygen atoms in total. The van der Waals surface area contributed by atoms with Gasteiger partial charge in [-0.05, 0) is 36.1 Å². The van der Waals surface area contributed by atoms with Crippen molar-refractivity contribution in [2.24, 2.45) is 0 Å². The third-order valence-corrected chi connectivity index (χ3v) is 6.06. The number of nitrogens with one attached hydrogen (secondary N) is 3. The van der Waals surface area contributed by atoms with Gasteiger partial charge in [0, 0.05) is 42.6 Å². The van der Waals surface area contributed by atoms with Gasteiger partial charge in [-0.25, -0.2) is 14.4 Å². The van der Waals surface area contributed by atoms with Gasteiger partial charge in [0.25, 0.3) is 0 Å². The molecule has 168 valence electrons. The number of halogens is 1. The van der Waals surface area contributed by atoms with E-state index in [-0.39, 0.29) is 24.2 Å². The Morgan fingerprint density at radius 1 is 1.12 bits per heavy atom. The summed E-state index contributed by atoms with van der Waals surface area (Å²) in [5.74, 6) is 1.29. The van der Waals surface area contributed by atoms with Crippen molar-refractivity contribution in [3.8, 4) is 0 Å². The van der Waals surface area contributed by atoms with Gasteiger partial charge in [-0.3, -0.25) is 4.79 Å². The first kappa shape index (κ1) is 21.1. The minimum absolute atomic E-state index is 0.0312. The molecule has 1 fully saturated rings. The molecule has 0 aliphatic heterocycles. The summed E-state index contributed by atoms with van der Waals surface area (Å²) in [7, 11) is 1.83. The highest BCUT2D eigenvalue weighted by atomic mass is 19.1. The summed E-state index contributed by atoms with van der Waals surface area (Å²) >= 11 is 0. The normalized spacial score (nSPS) is 14.2. The number of nitrogens with zero attached hydrogens (tertiary/aromatic N) is 2. The van der Waals surface area contributed by atoms with E-state index in [9.17, 15) is 9.18 Å². The summed E-state index contributed by atoms with van der Waals surface area (Å²) in [6, 6.07) is 16.0. The number of amides is 1. The quantitative estimate of drug-likeness (QED) is 0.370. The molecule has 33 heavy (non-hydrogen) atoms. The molecule has 7 heteroatoms. The van der Waals surface area contributed by atoms with Crippen molar-refractivity contribution in [3.05, 3.63) is 89.3 Å². The molecular formula is C26H26FN5O. The topological polar surface area (TPSA) is 82.7 Å². The van der Waals surface area contributed by atoms with Gasteiger partial charge in [0.2, 0.25) is 5.91 Å². The highest BCUT2D eigenvalue weighted by Crippen LogP contribution is 2.39. The standard InChI is InChI=1S/C26H26FN5O/c1-28-24-14-23(31-26(32-24)16-10-11-16)22(12-18-15-29-21-9-5-3-7-19(18)21)30-25(33)13-17-6-2-4-8-20(17)27/h2-9,14-16,22,29H,10-13H2,1H3,(H,30,33)(H,28,31,32)/t22-/m0/s1. The first-order chi connectivity index (χ1) is 16.1. The first-order valence-corrected chi connectivity index (χ1v) is 11.2. The van der Waals surface area contributed by atoms with E-state index >= 15 is 0 Å². The smallest absolute Gasteiger partial charge is 0.225 e. The Morgan fingerprint density at radius 3 is 2.70 bits per heavy atom. The molecule has 1 atom stereocenters. The van der Waals surface area contributed by atoms with Crippen LogP contribution in [-0.4, -0.2) is 27.9 Å². The van der Waals surface area contributed by atoms with Gasteiger partial charge in [0.1, 0.15) is 17.5 Å². The number of benzene rings is 2. The molecule has 0 unspecified atom stereocenters. The molecule has 1 aliphatic carbocycles. The summed E-state index contributed by atoms with van der Waals surface area (Å²) < 4.78 is 14.1. The molecule has 0 spiro atoms. The molecule has 4 aromatic rings. The molecule has 0 radical (unpaired) electrons. The van der Waals surface area contributed by atoms with Crippen LogP contribution in [0.4, 0.5) is 10.2 Å². The van der Waals surface area contributed by atoms with Crippen molar-refractivity contribution < 1.29 is 9.18 Å². The Balaban J connectivity index is 1.47. The molecule has 2 heterocycles. The Labute approximate surface area is 191 Å². The largest absolute Gasteiger partial charge is 0.373 e. The predicted octanol–water partition coefficient (Wildman–Crippen LogP) is 4.66. The first-order valence-electron chi connectivity index (χ1n) is 11.2. The summed E-state index contributed by atoms with van der Waals surface area (Å²) in [6.45, 7) is 0. The van der Waals surface area contributed by atoms with E-state index in [4.69, 9.17) is 4.98 Å². The summed E-state index contributed by atoms with van der Waals surface area (Å²) in [5.41, 5.74) is 3.25. The van der Waals surface area contributed by atoms with E-state index < -0.39 is 0 Å². The van der Waals surface area contributed by atoms with Crippen LogP contribution in [0, 0.1) is 5.82 Å². The van der Waals surface area contributed by atoms with E-state index in [0.29, 0.717) is 17.9 Å². The molecule has 1 amide bonds. The SMILES string of the molecule is CNc1cc([C@H](Cc2c[nH]c3ccccc23)NC(=O)Cc2ccccc2F)nc(C2CC2)n1. The molecule has 1 aliphatic rings. The summed E-state index contributed by atoms with van der Waals surface area (Å²) in [4.78, 5) is 25.7. The lowest BCUT2D eigenvalue weighted by atomic mass is 10.0. The average molecular weight is 444 g/mol. The van der Waals surface area contributed by atoms with E-state index in [1.807, 2.05) is 37.5 Å². The molecule has 1 saturated carbocycles. The maximum absolute atomic E-state index is 14.1. The van der Waals surface area contributed by atoms with E-state index in [2.05, 4.69) is 26.7 Å². The van der Waals surface area contributed by atoms with Crippen LogP contribution >= 0.6 is 0 Å². The van der Waals surface area contributed by atoms with Crippen molar-refractivity contribution in [1.29, 1.82) is 0 Å². The predicted molar refractivity (Wildman–Crippen MR) is 127 cm³/mol. The van der Waals surface area contributed by atoms with Crippen molar-refractivity contribution in [1.82, 2.24) is 20.3 Å². The minimum Gasteiger partial charge on any atom is -0.373 e. The van der Waals surface area contributed by atoms with Crippen LogP contribution in [0.15, 0.2) is 60.8 Å². The van der Waals surface area contributed by atoms with Crippen LogP contribution in [0.3, 0.4) is 0 Å². The Kier molecular flexibility index (Phi) is 5.77. The number of para-hydroxylation sites is 1. The van der Waals surface area contributed by atoms with Gasteiger partial charge < -0.3 is 15.6 Å². The van der Waals surface area contributed by atoms with Gasteiger partial charge in [-0.15, -0.1) is 0 Å². The molecule has 2 aromatic carbocycles. The van der Waals surface area contributed by atoms with Crippen molar-refractivity contribution in [3.63, 3.8) is 0 Å². The Bertz CT molecular complexity index is 1300. The number of fused-ring (bicyclic) bond motifs is 1. The third-order valence-electron chi connectivity index (χ3n) is 6.06. The molecular weight excluding hydrogens is 417 g/mol. The van der Waals surface area contributed by atoms with E-state index in [0.717, 1.165) is 46.6 Å². The van der Waals surface area contributed by atoms with Crippen LogP contribution in [0.1, 0.15) is 47.4 Å². The monoisotopic (exact) mass is 443 g/mol. The number of hydrogen-bond acceptors (Lipinski definition) is 4. The fourth-order valence-electron chi connectivity index (χ4n) is 4.13. The number of rotatable bonds is 8. The Morgan fingerprint density at radius 2 is 1.91 bits per heavy atom. The van der Waals surface area contributed by atoms with Gasteiger partial charge in [-0.1, -0.05) is 36.4 Å². The van der Waals surface area contributed by atoms with E-state index in [1.165, 1.54) is 6.07 Å². The van der Waals surface area contributed by atoms with E-state index in [1.54, 1.807) is 18.2 Å². The molecule has 0 bridgehead atoms. The number of carbonyl (C=O) groups excluding carboxylic acids is 1. The highest BCUT2D eigenvalue weighted by Gasteiger charge is 2.29. The third kappa shape index (κ3) is 4.72. The number of aromatic nitrogens is 3. The van der Waals surface area contributed by atoms with Crippen LogP contribution in [0.2, 0.25) is 0 Å². The molecule has 2 aromatic heterocycles. The lowest BCUT2D eigenvalue weighted by Crippen LogP contribution is -2.32. The highest BCUT2D eigenvalue weighted by molar-refractivity contribution is 5.83. The zero-order chi connectivity index (χ0) is 22.8. The zero-order valence-corrected chi connectivity index (χ0v) is 18.4. The lowest BCUT2D eigenvalue weighted by molar-refractivity contribution is -0.121. The summed E-state index contributed by atoms with van der Waals surface area (Å²) in [5, 5.41) is 7.33. The number of aromatic amines is 1. The van der Waals surface area contributed by atoms with Gasteiger partial charge >= 0.3 is 0 Å². The van der Waals surface area contributed by atoms with Crippen LogP contribution in [0.25, 0.3) is 10.9 Å². The second-order valence-corrected chi connectivity index (χ2v) is 8.51. The maximum atomic E-state index is 14.1. The number of H-pyrrole nitrogens is 1. The summed E-state index contributed by atoms with van der Waals surface area (Å²) in [6.07, 6.45) is 4.66. The molecule has 5 rings (SSSR count). The second kappa shape index (κ2) is 9.02. The van der Waals surface area contributed by atoms with Crippen molar-refractivity contribution in [2.75, 3.05) is 12.4 Å². The fraction of sp³-hybridized carbons (Fsp3) is 0.269. The fourth-order valence-corrected chi connectivity index (χ4v) is 4.13. The molecule has 3 N–H and O–H groups in total. The minimum atomic E-state index is -0.379. The van der Waals surface area contributed by atoms with Crippen molar-refractivity contribution >= 4 is 22.6 Å². The number of hydrogen-bond donors (Lipinski definition) is 3. The maximum Gasteiger partial charge on any atom is 0.225 e. The molecule has 0 saturated heterocycles.